The highest BCUT2D eigenvalue weighted by atomic mass is 79.9. The zero-order valence-electron chi connectivity index (χ0n) is 9.44. The van der Waals surface area contributed by atoms with Crippen LogP contribution in [0.1, 0.15) is 18.5 Å². The molecule has 4 nitrogen and oxygen atoms in total. The van der Waals surface area contributed by atoms with E-state index in [1.807, 2.05) is 31.2 Å². The Morgan fingerprint density at radius 2 is 1.75 bits per heavy atom. The third-order valence-electron chi connectivity index (χ3n) is 2.18. The van der Waals surface area contributed by atoms with Crippen LogP contribution in [0.5, 0.6) is 0 Å². The number of nitrogens with one attached hydrogen (secondary N) is 1. The molecule has 1 aromatic carbocycles. The van der Waals surface area contributed by atoms with Crippen LogP contribution in [0.2, 0.25) is 0 Å². The van der Waals surface area contributed by atoms with Gasteiger partial charge in [0.05, 0.1) is 0 Å². The van der Waals surface area contributed by atoms with Crippen molar-refractivity contribution >= 4 is 26.1 Å². The molecule has 1 aromatic rings. The molecule has 6 heteroatoms. The van der Waals surface area contributed by atoms with Gasteiger partial charge in [0.15, 0.2) is 0 Å². The highest BCUT2D eigenvalue weighted by Crippen LogP contribution is 2.17. The van der Waals surface area contributed by atoms with Crippen molar-refractivity contribution in [3.05, 3.63) is 34.3 Å². The largest absolute Gasteiger partial charge is 0.279 e. The molecule has 0 heterocycles. The second kappa shape index (κ2) is 5.27. The topological polar surface area (TPSA) is 49.4 Å². The van der Waals surface area contributed by atoms with Crippen molar-refractivity contribution in [2.75, 3.05) is 14.1 Å². The Morgan fingerprint density at radius 1 is 1.25 bits per heavy atom. The van der Waals surface area contributed by atoms with Gasteiger partial charge in [0.25, 0.3) is 10.2 Å². The first-order chi connectivity index (χ1) is 7.33. The summed E-state index contributed by atoms with van der Waals surface area (Å²) in [5, 5.41) is 0. The maximum atomic E-state index is 11.6. The molecule has 0 amide bonds. The summed E-state index contributed by atoms with van der Waals surface area (Å²) in [7, 11) is -0.391. The minimum absolute atomic E-state index is 0.250. The molecular formula is C10H15BrN2O2S. The molecule has 1 N–H and O–H groups in total. The van der Waals surface area contributed by atoms with Crippen LogP contribution in [0.3, 0.4) is 0 Å². The monoisotopic (exact) mass is 306 g/mol. The molecular weight excluding hydrogens is 292 g/mol. The van der Waals surface area contributed by atoms with E-state index in [4.69, 9.17) is 0 Å². The van der Waals surface area contributed by atoms with E-state index in [1.165, 1.54) is 14.1 Å². The van der Waals surface area contributed by atoms with Gasteiger partial charge in [-0.25, -0.2) is 0 Å². The van der Waals surface area contributed by atoms with E-state index in [0.29, 0.717) is 0 Å². The van der Waals surface area contributed by atoms with Gasteiger partial charge in [-0.05, 0) is 24.6 Å². The molecule has 16 heavy (non-hydrogen) atoms. The summed E-state index contributed by atoms with van der Waals surface area (Å²) in [5.41, 5.74) is 0.925. The van der Waals surface area contributed by atoms with E-state index in [-0.39, 0.29) is 6.04 Å². The fourth-order valence-electron chi connectivity index (χ4n) is 1.15. The van der Waals surface area contributed by atoms with Gasteiger partial charge in [-0.15, -0.1) is 0 Å². The van der Waals surface area contributed by atoms with E-state index < -0.39 is 10.2 Å². The summed E-state index contributed by atoms with van der Waals surface area (Å²) < 4.78 is 27.9. The van der Waals surface area contributed by atoms with Crippen molar-refractivity contribution in [2.24, 2.45) is 0 Å². The summed E-state index contributed by atoms with van der Waals surface area (Å²) in [4.78, 5) is 0. The lowest BCUT2D eigenvalue weighted by atomic mass is 10.1. The van der Waals surface area contributed by atoms with Gasteiger partial charge in [-0.3, -0.25) is 0 Å². The zero-order chi connectivity index (χ0) is 12.3. The van der Waals surface area contributed by atoms with E-state index in [0.717, 1.165) is 14.3 Å². The minimum Gasteiger partial charge on any atom is -0.195 e. The Labute approximate surface area is 105 Å². The van der Waals surface area contributed by atoms with Gasteiger partial charge in [0.2, 0.25) is 0 Å². The first kappa shape index (κ1) is 13.6. The molecule has 0 bridgehead atoms. The Kier molecular flexibility index (Phi) is 4.49. The minimum atomic E-state index is -3.38. The Balaban J connectivity index is 2.81. The molecule has 0 spiro atoms. The highest BCUT2D eigenvalue weighted by molar-refractivity contribution is 9.10. The summed E-state index contributed by atoms with van der Waals surface area (Å²) >= 11 is 3.33. The Bertz CT molecular complexity index is 442. The quantitative estimate of drug-likeness (QED) is 0.924. The summed E-state index contributed by atoms with van der Waals surface area (Å²) in [5.74, 6) is 0. The number of hydrogen-bond acceptors (Lipinski definition) is 2. The third-order valence-corrected chi connectivity index (χ3v) is 4.32. The molecule has 0 saturated carbocycles. The van der Waals surface area contributed by atoms with Crippen LogP contribution < -0.4 is 4.72 Å². The van der Waals surface area contributed by atoms with E-state index in [2.05, 4.69) is 20.7 Å². The van der Waals surface area contributed by atoms with Crippen LogP contribution in [-0.2, 0) is 10.2 Å². The number of nitrogens with zero attached hydrogens (tertiary/aromatic N) is 1. The molecule has 0 aliphatic rings. The maximum Gasteiger partial charge on any atom is 0.279 e. The zero-order valence-corrected chi connectivity index (χ0v) is 11.8. The lowest BCUT2D eigenvalue weighted by Crippen LogP contribution is -2.37. The Hall–Kier alpha value is -0.430. The van der Waals surface area contributed by atoms with E-state index in [1.54, 1.807) is 0 Å². The van der Waals surface area contributed by atoms with Crippen molar-refractivity contribution in [1.82, 2.24) is 9.03 Å². The lowest BCUT2D eigenvalue weighted by Gasteiger charge is -2.18. The Morgan fingerprint density at radius 3 is 2.19 bits per heavy atom. The van der Waals surface area contributed by atoms with Crippen LogP contribution in [-0.4, -0.2) is 26.8 Å². The second-order valence-electron chi connectivity index (χ2n) is 3.68. The van der Waals surface area contributed by atoms with Gasteiger partial charge >= 0.3 is 0 Å². The fourth-order valence-corrected chi connectivity index (χ4v) is 2.21. The van der Waals surface area contributed by atoms with Crippen LogP contribution >= 0.6 is 15.9 Å². The molecule has 0 aliphatic carbocycles. The van der Waals surface area contributed by atoms with Crippen molar-refractivity contribution in [3.8, 4) is 0 Å². The molecule has 0 fully saturated rings. The first-order valence-corrected chi connectivity index (χ1v) is 7.01. The molecule has 90 valence electrons. The van der Waals surface area contributed by atoms with Gasteiger partial charge < -0.3 is 0 Å². The molecule has 0 radical (unpaired) electrons. The normalized spacial score (nSPS) is 14.1. The summed E-state index contributed by atoms with van der Waals surface area (Å²) in [6.07, 6.45) is 0. The van der Waals surface area contributed by atoms with Gasteiger partial charge in [-0.2, -0.15) is 17.4 Å². The molecule has 0 aromatic heterocycles. The smallest absolute Gasteiger partial charge is 0.195 e. The molecule has 1 atom stereocenters. The fraction of sp³-hybridized carbons (Fsp3) is 0.400. The predicted octanol–water partition coefficient (Wildman–Crippen LogP) is 1.91. The number of rotatable bonds is 4. The van der Waals surface area contributed by atoms with Gasteiger partial charge in [-0.1, -0.05) is 28.1 Å². The van der Waals surface area contributed by atoms with Crippen LogP contribution in [0, 0.1) is 0 Å². The van der Waals surface area contributed by atoms with Crippen LogP contribution in [0.4, 0.5) is 0 Å². The molecule has 0 saturated heterocycles. The maximum absolute atomic E-state index is 11.6. The average molecular weight is 307 g/mol. The summed E-state index contributed by atoms with van der Waals surface area (Å²) in [6.45, 7) is 1.81. The first-order valence-electron chi connectivity index (χ1n) is 4.78. The van der Waals surface area contributed by atoms with E-state index in [9.17, 15) is 8.42 Å². The number of benzene rings is 1. The second-order valence-corrected chi connectivity index (χ2v) is 6.51. The van der Waals surface area contributed by atoms with Crippen molar-refractivity contribution in [2.45, 2.75) is 13.0 Å². The SMILES string of the molecule is CC(NS(=O)(=O)N(C)C)c1ccc(Br)cc1. The van der Waals surface area contributed by atoms with Crippen molar-refractivity contribution < 1.29 is 8.42 Å². The standard InChI is InChI=1S/C10H15BrN2O2S/c1-8(12-16(14,15)13(2)3)9-4-6-10(11)7-5-9/h4-8,12H,1-3H3. The van der Waals surface area contributed by atoms with Crippen molar-refractivity contribution in [3.63, 3.8) is 0 Å². The average Bonchev–Trinajstić information content (AvgIpc) is 2.17. The number of halogens is 1. The molecule has 1 unspecified atom stereocenters. The molecule has 0 aliphatic heterocycles. The van der Waals surface area contributed by atoms with Gasteiger partial charge in [0.1, 0.15) is 0 Å². The van der Waals surface area contributed by atoms with Crippen LogP contribution in [0.15, 0.2) is 28.7 Å². The van der Waals surface area contributed by atoms with Crippen molar-refractivity contribution in [1.29, 1.82) is 0 Å². The van der Waals surface area contributed by atoms with Gasteiger partial charge in [0, 0.05) is 24.6 Å². The van der Waals surface area contributed by atoms with E-state index >= 15 is 0 Å². The van der Waals surface area contributed by atoms with Crippen LogP contribution in [0.25, 0.3) is 0 Å². The highest BCUT2D eigenvalue weighted by Gasteiger charge is 2.17. The predicted molar refractivity (Wildman–Crippen MR) is 68.3 cm³/mol. The summed E-state index contributed by atoms with van der Waals surface area (Å²) in [6, 6.07) is 7.28. The third kappa shape index (κ3) is 3.55. The molecule has 1 rings (SSSR count). The number of hydrogen-bond donors (Lipinski definition) is 1. The lowest BCUT2D eigenvalue weighted by molar-refractivity contribution is 0.494.